The minimum Gasteiger partial charge on any atom is -0.353 e. The Kier molecular flexibility index (Phi) is 6.97. The Balaban J connectivity index is 1.33. The molecule has 180 valence electrons. The van der Waals surface area contributed by atoms with Gasteiger partial charge in [-0.05, 0) is 41.5 Å². The van der Waals surface area contributed by atoms with E-state index >= 15 is 0 Å². The molecule has 6 amide bonds. The Hall–Kier alpha value is -3.99. The first-order valence-corrected chi connectivity index (χ1v) is 11.8. The van der Waals surface area contributed by atoms with Gasteiger partial charge in [0.25, 0.3) is 17.1 Å². The van der Waals surface area contributed by atoms with Crippen molar-refractivity contribution in [2.45, 2.75) is 18.9 Å². The molecule has 2 aliphatic heterocycles. The van der Waals surface area contributed by atoms with E-state index in [1.807, 2.05) is 6.07 Å². The molecule has 11 heteroatoms. The first-order valence-electron chi connectivity index (χ1n) is 11.0. The molecule has 1 aromatic carbocycles. The number of urea groups is 1. The molecule has 35 heavy (non-hydrogen) atoms. The largest absolute Gasteiger partial charge is 0.353 e. The number of nitrogens with zero attached hydrogens (tertiary/aromatic N) is 3. The van der Waals surface area contributed by atoms with Gasteiger partial charge in [-0.3, -0.25) is 34.0 Å². The maximum atomic E-state index is 13.1. The summed E-state index contributed by atoms with van der Waals surface area (Å²) in [6.45, 7) is 1.26. The van der Waals surface area contributed by atoms with Crippen LogP contribution < -0.4 is 10.6 Å². The van der Waals surface area contributed by atoms with Crippen molar-refractivity contribution < 1.29 is 24.0 Å². The average Bonchev–Trinajstić information content (AvgIpc) is 3.27. The molecule has 0 radical (unpaired) electrons. The van der Waals surface area contributed by atoms with E-state index in [1.165, 1.54) is 0 Å². The summed E-state index contributed by atoms with van der Waals surface area (Å²) in [5.41, 5.74) is 0.113. The summed E-state index contributed by atoms with van der Waals surface area (Å²) in [7, 11) is 0. The number of amides is 6. The SMILES string of the molecule is CCC1(c2ccccc2)NC(=O)N(CC(=O)NCCN2C(=O)S/C(=C\c3cccnc3)C2=O)C1=O. The highest BCUT2D eigenvalue weighted by atomic mass is 32.2. The number of aromatic nitrogens is 1. The number of benzene rings is 1. The van der Waals surface area contributed by atoms with Gasteiger partial charge in [-0.2, -0.15) is 0 Å². The lowest BCUT2D eigenvalue weighted by atomic mass is 9.87. The van der Waals surface area contributed by atoms with Gasteiger partial charge < -0.3 is 10.6 Å². The van der Waals surface area contributed by atoms with E-state index < -0.39 is 41.1 Å². The number of thioether (sulfide) groups is 1. The maximum absolute atomic E-state index is 13.1. The molecule has 1 aromatic heterocycles. The fourth-order valence-corrected chi connectivity index (χ4v) is 4.81. The monoisotopic (exact) mass is 493 g/mol. The number of carbonyl (C=O) groups is 5. The molecule has 2 aliphatic rings. The highest BCUT2D eigenvalue weighted by molar-refractivity contribution is 8.18. The van der Waals surface area contributed by atoms with Gasteiger partial charge in [0.2, 0.25) is 5.91 Å². The third-order valence-electron chi connectivity index (χ3n) is 5.79. The highest BCUT2D eigenvalue weighted by Gasteiger charge is 2.51. The second-order valence-corrected chi connectivity index (χ2v) is 8.91. The lowest BCUT2D eigenvalue weighted by molar-refractivity contribution is -0.135. The molecule has 0 bridgehead atoms. The number of nitrogens with one attached hydrogen (secondary N) is 2. The molecule has 1 unspecified atom stereocenters. The zero-order valence-electron chi connectivity index (χ0n) is 18.9. The zero-order valence-corrected chi connectivity index (χ0v) is 19.7. The molecule has 0 spiro atoms. The molecule has 3 heterocycles. The van der Waals surface area contributed by atoms with E-state index in [1.54, 1.807) is 61.8 Å². The first kappa shape index (κ1) is 24.1. The summed E-state index contributed by atoms with van der Waals surface area (Å²) < 4.78 is 0. The van der Waals surface area contributed by atoms with Crippen LogP contribution in [0.15, 0.2) is 59.8 Å². The van der Waals surface area contributed by atoms with E-state index in [0.29, 0.717) is 17.5 Å². The number of rotatable bonds is 8. The van der Waals surface area contributed by atoms with Crippen molar-refractivity contribution in [1.29, 1.82) is 0 Å². The van der Waals surface area contributed by atoms with Crippen LogP contribution >= 0.6 is 11.8 Å². The molecule has 2 saturated heterocycles. The molecular formula is C24H23N5O5S. The second kappa shape index (κ2) is 10.1. The first-order chi connectivity index (χ1) is 16.9. The quantitative estimate of drug-likeness (QED) is 0.426. The molecule has 0 aliphatic carbocycles. The lowest BCUT2D eigenvalue weighted by Crippen LogP contribution is -2.45. The molecule has 2 fully saturated rings. The third kappa shape index (κ3) is 4.80. The van der Waals surface area contributed by atoms with Crippen LogP contribution in [0.2, 0.25) is 0 Å². The van der Waals surface area contributed by atoms with Crippen LogP contribution in [0.4, 0.5) is 9.59 Å². The van der Waals surface area contributed by atoms with Gasteiger partial charge in [-0.1, -0.05) is 43.3 Å². The summed E-state index contributed by atoms with van der Waals surface area (Å²) in [5, 5.41) is 4.85. The van der Waals surface area contributed by atoms with Crippen LogP contribution in [-0.2, 0) is 19.9 Å². The van der Waals surface area contributed by atoms with Crippen LogP contribution in [0.3, 0.4) is 0 Å². The smallest absolute Gasteiger partial charge is 0.325 e. The summed E-state index contributed by atoms with van der Waals surface area (Å²) in [4.78, 5) is 69.1. The van der Waals surface area contributed by atoms with E-state index in [-0.39, 0.29) is 18.0 Å². The van der Waals surface area contributed by atoms with E-state index in [2.05, 4.69) is 15.6 Å². The fraction of sp³-hybridized carbons (Fsp3) is 0.250. The average molecular weight is 494 g/mol. The minimum absolute atomic E-state index is 0.0156. The molecule has 4 rings (SSSR count). The Morgan fingerprint density at radius 1 is 1.11 bits per heavy atom. The third-order valence-corrected chi connectivity index (χ3v) is 6.70. The Bertz CT molecular complexity index is 1200. The van der Waals surface area contributed by atoms with Gasteiger partial charge in [0.1, 0.15) is 12.1 Å². The van der Waals surface area contributed by atoms with Crippen LogP contribution in [0.1, 0.15) is 24.5 Å². The van der Waals surface area contributed by atoms with E-state index in [9.17, 15) is 24.0 Å². The molecule has 2 N–H and O–H groups in total. The summed E-state index contributed by atoms with van der Waals surface area (Å²) in [6.07, 6.45) is 5.09. The van der Waals surface area contributed by atoms with E-state index in [0.717, 1.165) is 21.6 Å². The van der Waals surface area contributed by atoms with Crippen LogP contribution in [0.25, 0.3) is 6.08 Å². The van der Waals surface area contributed by atoms with Crippen molar-refractivity contribution in [2.75, 3.05) is 19.6 Å². The highest BCUT2D eigenvalue weighted by Crippen LogP contribution is 2.33. The number of imide groups is 2. The Morgan fingerprint density at radius 3 is 2.57 bits per heavy atom. The minimum atomic E-state index is -1.22. The van der Waals surface area contributed by atoms with Crippen LogP contribution in [0, 0.1) is 0 Å². The fourth-order valence-electron chi connectivity index (χ4n) is 3.94. The van der Waals surface area contributed by atoms with Gasteiger partial charge in [-0.25, -0.2) is 4.79 Å². The van der Waals surface area contributed by atoms with Gasteiger partial charge in [0.15, 0.2) is 0 Å². The zero-order chi connectivity index (χ0) is 25.0. The van der Waals surface area contributed by atoms with Crippen molar-refractivity contribution in [3.63, 3.8) is 0 Å². The number of hydrogen-bond acceptors (Lipinski definition) is 7. The summed E-state index contributed by atoms with van der Waals surface area (Å²) >= 11 is 0.815. The second-order valence-electron chi connectivity index (χ2n) is 7.92. The standard InChI is InChI=1S/C24H23N5O5S/c1-2-24(17-8-4-3-5-9-17)21(32)29(22(33)27-24)15-19(30)26-11-12-28-20(31)18(35-23(28)34)13-16-7-6-10-25-14-16/h3-10,13-14H,2,11-12,15H2,1H3,(H,26,30)(H,27,33)/b18-13-. The Morgan fingerprint density at radius 2 is 1.89 bits per heavy atom. The van der Waals surface area contributed by atoms with Gasteiger partial charge in [0, 0.05) is 25.5 Å². The van der Waals surface area contributed by atoms with Crippen molar-refractivity contribution in [3.8, 4) is 0 Å². The van der Waals surface area contributed by atoms with Gasteiger partial charge in [0.05, 0.1) is 4.91 Å². The van der Waals surface area contributed by atoms with Crippen LogP contribution in [-0.4, -0.2) is 63.4 Å². The maximum Gasteiger partial charge on any atom is 0.325 e. The van der Waals surface area contributed by atoms with Crippen molar-refractivity contribution in [3.05, 3.63) is 70.9 Å². The summed E-state index contributed by atoms with van der Waals surface area (Å²) in [6, 6.07) is 11.7. The predicted octanol–water partition coefficient (Wildman–Crippen LogP) is 2.09. The normalized spacial score (nSPS) is 21.1. The Labute approximate surface area is 205 Å². The molecule has 0 saturated carbocycles. The summed E-state index contributed by atoms with van der Waals surface area (Å²) in [5.74, 6) is -1.54. The topological polar surface area (TPSA) is 129 Å². The molecule has 2 aromatic rings. The van der Waals surface area contributed by atoms with Crippen molar-refractivity contribution >= 4 is 46.8 Å². The van der Waals surface area contributed by atoms with Crippen LogP contribution in [0.5, 0.6) is 0 Å². The van der Waals surface area contributed by atoms with Gasteiger partial charge in [-0.15, -0.1) is 0 Å². The molecule has 1 atom stereocenters. The molecular weight excluding hydrogens is 470 g/mol. The van der Waals surface area contributed by atoms with E-state index in [4.69, 9.17) is 0 Å². The van der Waals surface area contributed by atoms with Crippen molar-refractivity contribution in [1.82, 2.24) is 25.4 Å². The number of carbonyl (C=O) groups excluding carboxylic acids is 5. The van der Waals surface area contributed by atoms with Gasteiger partial charge >= 0.3 is 6.03 Å². The predicted molar refractivity (Wildman–Crippen MR) is 129 cm³/mol. The molecule has 10 nitrogen and oxygen atoms in total. The van der Waals surface area contributed by atoms with Crippen molar-refractivity contribution in [2.24, 2.45) is 0 Å². The lowest BCUT2D eigenvalue weighted by Gasteiger charge is -2.25. The number of hydrogen-bond donors (Lipinski definition) is 2. The number of pyridine rings is 1.